The molecule has 0 saturated carbocycles. The highest BCUT2D eigenvalue weighted by atomic mass is 35.5. The van der Waals surface area contributed by atoms with E-state index in [1.54, 1.807) is 13.0 Å². The van der Waals surface area contributed by atoms with E-state index < -0.39 is 0 Å². The van der Waals surface area contributed by atoms with E-state index in [1.807, 2.05) is 13.8 Å². The monoisotopic (exact) mass is 256 g/mol. The molecule has 5 heteroatoms. The zero-order chi connectivity index (χ0) is 13.0. The molecule has 0 aliphatic rings. The van der Waals surface area contributed by atoms with Gasteiger partial charge in [-0.15, -0.1) is 0 Å². The molecule has 94 valence electrons. The van der Waals surface area contributed by atoms with Gasteiger partial charge in [0.05, 0.1) is 23.2 Å². The van der Waals surface area contributed by atoms with E-state index in [2.05, 4.69) is 10.3 Å². The van der Waals surface area contributed by atoms with Crippen LogP contribution in [0.25, 0.3) is 0 Å². The van der Waals surface area contributed by atoms with Gasteiger partial charge in [-0.1, -0.05) is 25.4 Å². The lowest BCUT2D eigenvalue weighted by atomic mass is 10.1. The molecule has 0 spiro atoms. The predicted octanol–water partition coefficient (Wildman–Crippen LogP) is 1.79. The van der Waals surface area contributed by atoms with Crippen molar-refractivity contribution >= 4 is 17.5 Å². The van der Waals surface area contributed by atoms with Crippen LogP contribution in [0.1, 0.15) is 29.9 Å². The molecule has 0 saturated heterocycles. The fraction of sp³-hybridized carbons (Fsp3) is 0.500. The number of aliphatic hydroxyl groups excluding tert-OH is 1. The van der Waals surface area contributed by atoms with Crippen molar-refractivity contribution < 1.29 is 9.90 Å². The summed E-state index contributed by atoms with van der Waals surface area (Å²) in [6, 6.07) is 1.36. The number of pyridine rings is 1. The van der Waals surface area contributed by atoms with Gasteiger partial charge in [0.25, 0.3) is 5.91 Å². The summed E-state index contributed by atoms with van der Waals surface area (Å²) in [6.45, 7) is 5.56. The van der Waals surface area contributed by atoms with Crippen molar-refractivity contribution in [2.45, 2.75) is 26.8 Å². The predicted molar refractivity (Wildman–Crippen MR) is 67.2 cm³/mol. The minimum absolute atomic E-state index is 0.0969. The smallest absolute Gasteiger partial charge is 0.254 e. The van der Waals surface area contributed by atoms with Crippen molar-refractivity contribution in [1.29, 1.82) is 0 Å². The first-order valence-electron chi connectivity index (χ1n) is 5.49. The third-order valence-corrected chi connectivity index (χ3v) is 2.87. The zero-order valence-corrected chi connectivity index (χ0v) is 11.0. The van der Waals surface area contributed by atoms with Crippen LogP contribution >= 0.6 is 11.6 Å². The normalized spacial score (nSPS) is 12.6. The van der Waals surface area contributed by atoms with Crippen LogP contribution in [0.5, 0.6) is 0 Å². The Balaban J connectivity index is 2.82. The lowest BCUT2D eigenvalue weighted by Crippen LogP contribution is -2.41. The van der Waals surface area contributed by atoms with Crippen molar-refractivity contribution in [2.24, 2.45) is 5.92 Å². The van der Waals surface area contributed by atoms with Gasteiger partial charge in [-0.3, -0.25) is 9.78 Å². The average molecular weight is 257 g/mol. The highest BCUT2D eigenvalue weighted by molar-refractivity contribution is 6.33. The van der Waals surface area contributed by atoms with Crippen LogP contribution < -0.4 is 5.32 Å². The second kappa shape index (κ2) is 5.98. The van der Waals surface area contributed by atoms with E-state index >= 15 is 0 Å². The molecular weight excluding hydrogens is 240 g/mol. The molecule has 1 aromatic heterocycles. The van der Waals surface area contributed by atoms with Crippen molar-refractivity contribution in [3.05, 3.63) is 28.5 Å². The van der Waals surface area contributed by atoms with Crippen LogP contribution in [0.3, 0.4) is 0 Å². The number of aromatic nitrogens is 1. The van der Waals surface area contributed by atoms with Gasteiger partial charge in [0.2, 0.25) is 0 Å². The molecule has 1 heterocycles. The quantitative estimate of drug-likeness (QED) is 0.863. The Bertz CT molecular complexity index is 407. The Kier molecular flexibility index (Phi) is 4.90. The Morgan fingerprint density at radius 2 is 2.24 bits per heavy atom. The molecule has 1 atom stereocenters. The third kappa shape index (κ3) is 3.68. The maximum absolute atomic E-state index is 11.9. The minimum atomic E-state index is -0.310. The molecule has 0 aliphatic carbocycles. The molecule has 1 aromatic rings. The van der Waals surface area contributed by atoms with Gasteiger partial charge < -0.3 is 10.4 Å². The molecule has 0 aliphatic heterocycles. The van der Waals surface area contributed by atoms with E-state index in [0.717, 1.165) is 5.69 Å². The van der Waals surface area contributed by atoms with Crippen molar-refractivity contribution in [2.75, 3.05) is 6.61 Å². The lowest BCUT2D eigenvalue weighted by molar-refractivity contribution is 0.0896. The Morgan fingerprint density at radius 3 is 2.71 bits per heavy atom. The van der Waals surface area contributed by atoms with Gasteiger partial charge in [-0.25, -0.2) is 0 Å². The second-order valence-electron chi connectivity index (χ2n) is 4.31. The average Bonchev–Trinajstić information content (AvgIpc) is 2.24. The number of aliphatic hydroxyl groups is 1. The highest BCUT2D eigenvalue weighted by Gasteiger charge is 2.18. The number of rotatable bonds is 4. The number of hydrogen-bond acceptors (Lipinski definition) is 3. The number of nitrogens with zero attached hydrogens (tertiary/aromatic N) is 1. The minimum Gasteiger partial charge on any atom is -0.394 e. The Hall–Kier alpha value is -1.13. The van der Waals surface area contributed by atoms with E-state index in [4.69, 9.17) is 16.7 Å². The van der Waals surface area contributed by atoms with Crippen LogP contribution in [-0.4, -0.2) is 28.6 Å². The van der Waals surface area contributed by atoms with Crippen molar-refractivity contribution in [1.82, 2.24) is 10.3 Å². The van der Waals surface area contributed by atoms with Crippen LogP contribution in [0.15, 0.2) is 12.3 Å². The number of halogens is 1. The third-order valence-electron chi connectivity index (χ3n) is 2.55. The Morgan fingerprint density at radius 1 is 1.59 bits per heavy atom. The molecule has 0 bridgehead atoms. The largest absolute Gasteiger partial charge is 0.394 e. The number of amides is 1. The highest BCUT2D eigenvalue weighted by Crippen LogP contribution is 2.16. The molecule has 0 radical (unpaired) electrons. The van der Waals surface area contributed by atoms with E-state index in [0.29, 0.717) is 10.6 Å². The van der Waals surface area contributed by atoms with Gasteiger partial charge in [-0.2, -0.15) is 0 Å². The summed E-state index contributed by atoms with van der Waals surface area (Å²) >= 11 is 5.97. The molecule has 0 aromatic carbocycles. The molecule has 2 N–H and O–H groups in total. The number of aryl methyl sites for hydroxylation is 1. The Labute approximate surface area is 106 Å². The summed E-state index contributed by atoms with van der Waals surface area (Å²) in [5, 5.41) is 12.2. The topological polar surface area (TPSA) is 62.2 Å². The molecule has 17 heavy (non-hydrogen) atoms. The SMILES string of the molecule is Cc1cc(Cl)c(C(=O)N[C@H](CO)C(C)C)cn1. The number of carbonyl (C=O) groups excluding carboxylic acids is 1. The number of nitrogens with one attached hydrogen (secondary N) is 1. The molecule has 0 fully saturated rings. The van der Waals surface area contributed by atoms with Crippen LogP contribution in [0.4, 0.5) is 0 Å². The summed E-state index contributed by atoms with van der Waals surface area (Å²) in [6.07, 6.45) is 1.45. The summed E-state index contributed by atoms with van der Waals surface area (Å²) in [5.74, 6) is -0.156. The van der Waals surface area contributed by atoms with Crippen LogP contribution in [0, 0.1) is 12.8 Å². The van der Waals surface area contributed by atoms with Crippen LogP contribution in [-0.2, 0) is 0 Å². The summed E-state index contributed by atoms with van der Waals surface area (Å²) < 4.78 is 0. The molecule has 1 amide bonds. The first-order chi connectivity index (χ1) is 7.95. The maximum atomic E-state index is 11.9. The summed E-state index contributed by atoms with van der Waals surface area (Å²) in [7, 11) is 0. The fourth-order valence-electron chi connectivity index (χ4n) is 1.36. The van der Waals surface area contributed by atoms with Gasteiger partial charge in [0.1, 0.15) is 0 Å². The van der Waals surface area contributed by atoms with Crippen molar-refractivity contribution in [3.8, 4) is 0 Å². The van der Waals surface area contributed by atoms with Gasteiger partial charge in [0.15, 0.2) is 0 Å². The van der Waals surface area contributed by atoms with Crippen LogP contribution in [0.2, 0.25) is 5.02 Å². The first kappa shape index (κ1) is 13.9. The van der Waals surface area contributed by atoms with Gasteiger partial charge in [0, 0.05) is 11.9 Å². The number of carbonyl (C=O) groups is 1. The number of hydrogen-bond donors (Lipinski definition) is 2. The summed E-state index contributed by atoms with van der Waals surface area (Å²) in [4.78, 5) is 15.9. The molecule has 4 nitrogen and oxygen atoms in total. The second-order valence-corrected chi connectivity index (χ2v) is 4.72. The lowest BCUT2D eigenvalue weighted by Gasteiger charge is -2.20. The molecule has 1 rings (SSSR count). The molecular formula is C12H17ClN2O2. The van der Waals surface area contributed by atoms with Crippen molar-refractivity contribution in [3.63, 3.8) is 0 Å². The van der Waals surface area contributed by atoms with Gasteiger partial charge >= 0.3 is 0 Å². The molecule has 0 unspecified atom stereocenters. The van der Waals surface area contributed by atoms with E-state index in [-0.39, 0.29) is 24.5 Å². The fourth-order valence-corrected chi connectivity index (χ4v) is 1.66. The maximum Gasteiger partial charge on any atom is 0.254 e. The first-order valence-corrected chi connectivity index (χ1v) is 5.87. The van der Waals surface area contributed by atoms with E-state index in [9.17, 15) is 4.79 Å². The van der Waals surface area contributed by atoms with Gasteiger partial charge in [-0.05, 0) is 18.9 Å². The summed E-state index contributed by atoms with van der Waals surface area (Å²) in [5.41, 5.74) is 1.09. The standard InChI is InChI=1S/C12H17ClN2O2/c1-7(2)11(6-16)15-12(17)9-5-14-8(3)4-10(9)13/h4-5,7,11,16H,6H2,1-3H3,(H,15,17)/t11-/m1/s1. The zero-order valence-electron chi connectivity index (χ0n) is 10.2. The van der Waals surface area contributed by atoms with E-state index in [1.165, 1.54) is 6.20 Å².